The molecule has 0 saturated heterocycles. The van der Waals surface area contributed by atoms with Crippen LogP contribution in [0.15, 0.2) is 0 Å². The fraction of sp³-hybridized carbons (Fsp3) is 0.909. The number of halogens is 1. The molecule has 0 aromatic carbocycles. The molecule has 1 amide bonds. The Morgan fingerprint density at radius 3 is 2.73 bits per heavy atom. The minimum Gasteiger partial charge on any atom is -0.383 e. The summed E-state index contributed by atoms with van der Waals surface area (Å²) in [4.78, 5) is 11.4. The van der Waals surface area contributed by atoms with Crippen molar-refractivity contribution in [3.8, 4) is 0 Å². The summed E-state index contributed by atoms with van der Waals surface area (Å²) in [6, 6.07) is 0. The maximum absolute atomic E-state index is 11.4. The lowest BCUT2D eigenvalue weighted by Crippen LogP contribution is -2.28. The molecule has 0 aliphatic heterocycles. The van der Waals surface area contributed by atoms with E-state index in [1.54, 1.807) is 7.11 Å². The second-order valence-corrected chi connectivity index (χ2v) is 4.53. The Kier molecular flexibility index (Phi) is 8.82. The van der Waals surface area contributed by atoms with Crippen LogP contribution in [0.4, 0.5) is 0 Å². The van der Waals surface area contributed by atoms with E-state index < -0.39 is 0 Å². The zero-order valence-electron chi connectivity index (χ0n) is 9.88. The molecule has 0 aliphatic rings. The molecular weight excluding hydrogens is 214 g/mol. The summed E-state index contributed by atoms with van der Waals surface area (Å²) < 4.78 is 4.90. The van der Waals surface area contributed by atoms with Gasteiger partial charge in [-0.25, -0.2) is 0 Å². The van der Waals surface area contributed by atoms with Gasteiger partial charge in [-0.05, 0) is 12.3 Å². The first-order valence-electron chi connectivity index (χ1n) is 5.49. The molecule has 4 heteroatoms. The Morgan fingerprint density at radius 2 is 2.20 bits per heavy atom. The van der Waals surface area contributed by atoms with Crippen molar-refractivity contribution < 1.29 is 9.53 Å². The van der Waals surface area contributed by atoms with E-state index in [4.69, 9.17) is 16.3 Å². The Balaban J connectivity index is 3.46. The number of alkyl halides is 1. The van der Waals surface area contributed by atoms with Gasteiger partial charge in [-0.2, -0.15) is 0 Å². The average molecular weight is 236 g/mol. The van der Waals surface area contributed by atoms with Crippen LogP contribution in [0.3, 0.4) is 0 Å². The van der Waals surface area contributed by atoms with Crippen molar-refractivity contribution in [1.29, 1.82) is 0 Å². The summed E-state index contributed by atoms with van der Waals surface area (Å²) in [6.45, 7) is 5.33. The topological polar surface area (TPSA) is 38.3 Å². The highest BCUT2D eigenvalue weighted by Gasteiger charge is 2.08. The Morgan fingerprint density at radius 1 is 1.53 bits per heavy atom. The zero-order chi connectivity index (χ0) is 11.7. The molecule has 2 unspecified atom stereocenters. The van der Waals surface area contributed by atoms with Crippen LogP contribution in [0.2, 0.25) is 0 Å². The lowest BCUT2D eigenvalue weighted by molar-refractivity contribution is -0.121. The number of amides is 1. The van der Waals surface area contributed by atoms with Crippen LogP contribution in [0.5, 0.6) is 0 Å². The van der Waals surface area contributed by atoms with Gasteiger partial charge in [-0.15, -0.1) is 11.6 Å². The number of carbonyl (C=O) groups is 1. The van der Waals surface area contributed by atoms with Gasteiger partial charge in [-0.3, -0.25) is 4.79 Å². The van der Waals surface area contributed by atoms with Crippen molar-refractivity contribution in [2.45, 2.75) is 38.5 Å². The summed E-state index contributed by atoms with van der Waals surface area (Å²) in [5.41, 5.74) is 0. The van der Waals surface area contributed by atoms with Crippen LogP contribution in [0.1, 0.15) is 33.1 Å². The highest BCUT2D eigenvalue weighted by atomic mass is 35.5. The Bertz CT molecular complexity index is 176. The SMILES string of the molecule is CCC(C)CC(=O)NCCC(Cl)COC. The van der Waals surface area contributed by atoms with E-state index >= 15 is 0 Å². The predicted molar refractivity (Wildman–Crippen MR) is 63.2 cm³/mol. The van der Waals surface area contributed by atoms with Crippen molar-refractivity contribution in [1.82, 2.24) is 5.32 Å². The maximum Gasteiger partial charge on any atom is 0.220 e. The molecule has 0 rings (SSSR count). The van der Waals surface area contributed by atoms with Crippen LogP contribution >= 0.6 is 11.6 Å². The Hall–Kier alpha value is -0.280. The molecule has 2 atom stereocenters. The van der Waals surface area contributed by atoms with Crippen molar-refractivity contribution in [2.75, 3.05) is 20.3 Å². The van der Waals surface area contributed by atoms with Gasteiger partial charge in [0.2, 0.25) is 5.91 Å². The molecule has 0 heterocycles. The largest absolute Gasteiger partial charge is 0.383 e. The third kappa shape index (κ3) is 8.70. The van der Waals surface area contributed by atoms with E-state index in [2.05, 4.69) is 19.2 Å². The van der Waals surface area contributed by atoms with Gasteiger partial charge in [0.25, 0.3) is 0 Å². The number of nitrogens with one attached hydrogen (secondary N) is 1. The van der Waals surface area contributed by atoms with E-state index in [0.29, 0.717) is 25.5 Å². The molecule has 0 fully saturated rings. The molecular formula is C11H22ClNO2. The quantitative estimate of drug-likeness (QED) is 0.655. The third-order valence-electron chi connectivity index (χ3n) is 2.36. The monoisotopic (exact) mass is 235 g/mol. The van der Waals surface area contributed by atoms with Crippen molar-refractivity contribution in [3.05, 3.63) is 0 Å². The molecule has 0 aromatic rings. The highest BCUT2D eigenvalue weighted by Crippen LogP contribution is 2.06. The van der Waals surface area contributed by atoms with E-state index in [-0.39, 0.29) is 11.3 Å². The van der Waals surface area contributed by atoms with Crippen LogP contribution in [-0.2, 0) is 9.53 Å². The molecule has 0 bridgehead atoms. The van der Waals surface area contributed by atoms with Gasteiger partial charge in [0.15, 0.2) is 0 Å². The van der Waals surface area contributed by atoms with Gasteiger partial charge < -0.3 is 10.1 Å². The van der Waals surface area contributed by atoms with E-state index in [1.165, 1.54) is 0 Å². The predicted octanol–water partition coefficient (Wildman–Crippen LogP) is 2.18. The molecule has 0 aromatic heterocycles. The van der Waals surface area contributed by atoms with E-state index in [0.717, 1.165) is 12.8 Å². The number of hydrogen-bond donors (Lipinski definition) is 1. The van der Waals surface area contributed by atoms with Crippen LogP contribution < -0.4 is 5.32 Å². The first kappa shape index (κ1) is 14.7. The first-order valence-corrected chi connectivity index (χ1v) is 5.93. The van der Waals surface area contributed by atoms with Gasteiger partial charge in [0.1, 0.15) is 0 Å². The molecule has 0 aliphatic carbocycles. The molecule has 0 spiro atoms. The summed E-state index contributed by atoms with van der Waals surface area (Å²) >= 11 is 5.92. The lowest BCUT2D eigenvalue weighted by Gasteiger charge is -2.11. The number of carbonyl (C=O) groups excluding carboxylic acids is 1. The van der Waals surface area contributed by atoms with E-state index in [9.17, 15) is 4.79 Å². The zero-order valence-corrected chi connectivity index (χ0v) is 10.6. The molecule has 15 heavy (non-hydrogen) atoms. The Labute approximate surface area is 97.5 Å². The number of ether oxygens (including phenoxy) is 1. The number of hydrogen-bond acceptors (Lipinski definition) is 2. The van der Waals surface area contributed by atoms with Crippen molar-refractivity contribution in [2.24, 2.45) is 5.92 Å². The van der Waals surface area contributed by atoms with Crippen LogP contribution in [-0.4, -0.2) is 31.5 Å². The van der Waals surface area contributed by atoms with Crippen molar-refractivity contribution >= 4 is 17.5 Å². The fourth-order valence-corrected chi connectivity index (χ4v) is 1.40. The van der Waals surface area contributed by atoms with Crippen molar-refractivity contribution in [3.63, 3.8) is 0 Å². The summed E-state index contributed by atoms with van der Waals surface area (Å²) in [5, 5.41) is 2.84. The smallest absolute Gasteiger partial charge is 0.220 e. The van der Waals surface area contributed by atoms with Gasteiger partial charge >= 0.3 is 0 Å². The molecule has 1 N–H and O–H groups in total. The van der Waals surface area contributed by atoms with E-state index in [1.807, 2.05) is 0 Å². The standard InChI is InChI=1S/C11H22ClNO2/c1-4-9(2)7-11(14)13-6-5-10(12)8-15-3/h9-10H,4-8H2,1-3H3,(H,13,14). The van der Waals surface area contributed by atoms with Gasteiger partial charge in [-0.1, -0.05) is 20.3 Å². The lowest BCUT2D eigenvalue weighted by atomic mass is 10.1. The minimum atomic E-state index is -0.0149. The molecule has 90 valence electrons. The molecule has 0 saturated carbocycles. The van der Waals surface area contributed by atoms with Gasteiger partial charge in [0, 0.05) is 20.1 Å². The number of rotatable bonds is 8. The minimum absolute atomic E-state index is 0.0149. The maximum atomic E-state index is 11.4. The molecule has 3 nitrogen and oxygen atoms in total. The second kappa shape index (κ2) is 8.98. The fourth-order valence-electron chi connectivity index (χ4n) is 1.17. The van der Waals surface area contributed by atoms with Crippen LogP contribution in [0, 0.1) is 5.92 Å². The molecule has 0 radical (unpaired) electrons. The highest BCUT2D eigenvalue weighted by molar-refractivity contribution is 6.20. The normalized spacial score (nSPS) is 14.7. The average Bonchev–Trinajstić information content (AvgIpc) is 2.18. The van der Waals surface area contributed by atoms with Crippen LogP contribution in [0.25, 0.3) is 0 Å². The summed E-state index contributed by atoms with van der Waals surface area (Å²) in [7, 11) is 1.62. The first-order chi connectivity index (χ1) is 7.10. The summed E-state index contributed by atoms with van der Waals surface area (Å²) in [6.07, 6.45) is 2.39. The van der Waals surface area contributed by atoms with Gasteiger partial charge in [0.05, 0.1) is 12.0 Å². The summed E-state index contributed by atoms with van der Waals surface area (Å²) in [5.74, 6) is 0.571. The third-order valence-corrected chi connectivity index (χ3v) is 2.70. The number of methoxy groups -OCH3 is 1. The second-order valence-electron chi connectivity index (χ2n) is 3.91.